The van der Waals surface area contributed by atoms with E-state index in [0.29, 0.717) is 12.6 Å². The second-order valence-corrected chi connectivity index (χ2v) is 6.24. The van der Waals surface area contributed by atoms with Gasteiger partial charge in [0.1, 0.15) is 5.75 Å². The summed E-state index contributed by atoms with van der Waals surface area (Å²) in [5.74, 6) is 0.787. The summed E-state index contributed by atoms with van der Waals surface area (Å²) in [6.45, 7) is 9.22. The summed E-state index contributed by atoms with van der Waals surface area (Å²) in [6.07, 6.45) is 4.29. The molecule has 1 aromatic heterocycles. The highest BCUT2D eigenvalue weighted by molar-refractivity contribution is 5.39. The first-order valence-electron chi connectivity index (χ1n) is 7.20. The first-order chi connectivity index (χ1) is 9.90. The Morgan fingerprint density at radius 2 is 1.81 bits per heavy atom. The highest BCUT2D eigenvalue weighted by Crippen LogP contribution is 2.29. The Bertz CT molecular complexity index is 600. The van der Waals surface area contributed by atoms with E-state index in [0.717, 1.165) is 23.3 Å². The van der Waals surface area contributed by atoms with E-state index in [2.05, 4.69) is 42.9 Å². The van der Waals surface area contributed by atoms with E-state index in [1.807, 2.05) is 13.0 Å². The maximum absolute atomic E-state index is 5.76. The molecule has 0 aliphatic heterocycles. The summed E-state index contributed by atoms with van der Waals surface area (Å²) in [5.41, 5.74) is 9.02. The van der Waals surface area contributed by atoms with Crippen molar-refractivity contribution in [3.05, 3.63) is 47.3 Å². The fraction of sp³-hybridized carbons (Fsp3) is 0.412. The molecule has 4 nitrogen and oxygen atoms in total. The molecule has 0 aliphatic carbocycles. The van der Waals surface area contributed by atoms with Crippen LogP contribution in [0, 0.1) is 6.92 Å². The molecule has 0 radical (unpaired) electrons. The fourth-order valence-electron chi connectivity index (χ4n) is 2.02. The number of nitrogens with zero attached hydrogens (tertiary/aromatic N) is 2. The Hall–Kier alpha value is -1.94. The smallest absolute Gasteiger partial charge is 0.321 e. The van der Waals surface area contributed by atoms with Crippen molar-refractivity contribution in [1.29, 1.82) is 0 Å². The normalized spacial score (nSPS) is 11.5. The minimum atomic E-state index is 0.129. The van der Waals surface area contributed by atoms with Gasteiger partial charge in [-0.2, -0.15) is 0 Å². The summed E-state index contributed by atoms with van der Waals surface area (Å²) in [5, 5.41) is 0. The summed E-state index contributed by atoms with van der Waals surface area (Å²) in [6, 6.07) is 6.58. The number of nitrogens with two attached hydrogens (primary N) is 1. The number of aryl methyl sites for hydroxylation is 1. The first-order valence-corrected chi connectivity index (χ1v) is 7.20. The number of aromatic nitrogens is 2. The Kier molecular flexibility index (Phi) is 4.58. The summed E-state index contributed by atoms with van der Waals surface area (Å²) in [7, 11) is 0. The molecule has 21 heavy (non-hydrogen) atoms. The molecule has 2 rings (SSSR count). The van der Waals surface area contributed by atoms with Gasteiger partial charge in [0.2, 0.25) is 0 Å². The van der Waals surface area contributed by atoms with Gasteiger partial charge in [0.05, 0.1) is 0 Å². The van der Waals surface area contributed by atoms with E-state index in [1.165, 1.54) is 5.56 Å². The van der Waals surface area contributed by atoms with Crippen molar-refractivity contribution in [2.45, 2.75) is 39.5 Å². The lowest BCUT2D eigenvalue weighted by molar-refractivity contribution is 0.437. The van der Waals surface area contributed by atoms with Gasteiger partial charge in [-0.25, -0.2) is 9.97 Å². The van der Waals surface area contributed by atoms with Crippen molar-refractivity contribution in [2.24, 2.45) is 5.73 Å². The fourth-order valence-corrected chi connectivity index (χ4v) is 2.02. The zero-order valence-electron chi connectivity index (χ0n) is 13.2. The van der Waals surface area contributed by atoms with Crippen LogP contribution in [0.5, 0.6) is 11.8 Å². The number of ether oxygens (including phenoxy) is 1. The first kappa shape index (κ1) is 15.4. The molecular formula is C17H23N3O. The van der Waals surface area contributed by atoms with Gasteiger partial charge < -0.3 is 10.5 Å². The molecule has 0 saturated heterocycles. The van der Waals surface area contributed by atoms with Gasteiger partial charge in [0.15, 0.2) is 0 Å². The zero-order valence-corrected chi connectivity index (χ0v) is 13.2. The van der Waals surface area contributed by atoms with E-state index in [9.17, 15) is 0 Å². The molecule has 2 aromatic rings. The Balaban J connectivity index is 2.16. The molecule has 0 fully saturated rings. The zero-order chi connectivity index (χ0) is 15.5. The largest absolute Gasteiger partial charge is 0.424 e. The maximum atomic E-state index is 5.76. The minimum absolute atomic E-state index is 0.129. The van der Waals surface area contributed by atoms with Crippen molar-refractivity contribution in [1.82, 2.24) is 9.97 Å². The number of rotatable bonds is 4. The Morgan fingerprint density at radius 1 is 1.14 bits per heavy atom. The van der Waals surface area contributed by atoms with Gasteiger partial charge in [-0.05, 0) is 48.1 Å². The lowest BCUT2D eigenvalue weighted by atomic mass is 9.86. The molecule has 0 spiro atoms. The van der Waals surface area contributed by atoms with E-state index in [1.54, 1.807) is 12.4 Å². The van der Waals surface area contributed by atoms with Crippen LogP contribution in [0.3, 0.4) is 0 Å². The van der Waals surface area contributed by atoms with Crippen molar-refractivity contribution in [3.63, 3.8) is 0 Å². The third-order valence-electron chi connectivity index (χ3n) is 3.36. The number of hydrogen-bond donors (Lipinski definition) is 1. The summed E-state index contributed by atoms with van der Waals surface area (Å²) in [4.78, 5) is 8.43. The minimum Gasteiger partial charge on any atom is -0.424 e. The lowest BCUT2D eigenvalue weighted by Gasteiger charge is -2.20. The average molecular weight is 285 g/mol. The van der Waals surface area contributed by atoms with Crippen molar-refractivity contribution >= 4 is 0 Å². The van der Waals surface area contributed by atoms with Crippen LogP contribution < -0.4 is 10.5 Å². The molecule has 1 heterocycles. The molecule has 1 aromatic carbocycles. The van der Waals surface area contributed by atoms with Crippen LogP contribution in [0.15, 0.2) is 30.6 Å². The predicted octanol–water partition coefficient (Wildman–Crippen LogP) is 3.38. The molecule has 0 aliphatic rings. The van der Waals surface area contributed by atoms with Crippen LogP contribution in [-0.4, -0.2) is 16.5 Å². The monoisotopic (exact) mass is 285 g/mol. The molecule has 112 valence electrons. The second-order valence-electron chi connectivity index (χ2n) is 6.24. The van der Waals surface area contributed by atoms with Crippen LogP contribution in [-0.2, 0) is 11.8 Å². The highest BCUT2D eigenvalue weighted by Gasteiger charge is 2.15. The second kappa shape index (κ2) is 6.22. The molecule has 0 unspecified atom stereocenters. The van der Waals surface area contributed by atoms with Gasteiger partial charge >= 0.3 is 6.01 Å². The van der Waals surface area contributed by atoms with Gasteiger partial charge in [0.25, 0.3) is 0 Å². The third kappa shape index (κ3) is 4.02. The Morgan fingerprint density at radius 3 is 2.33 bits per heavy atom. The lowest BCUT2D eigenvalue weighted by Crippen LogP contribution is -2.11. The van der Waals surface area contributed by atoms with E-state index in [4.69, 9.17) is 10.5 Å². The average Bonchev–Trinajstić information content (AvgIpc) is 2.42. The van der Waals surface area contributed by atoms with E-state index < -0.39 is 0 Å². The maximum Gasteiger partial charge on any atom is 0.321 e. The molecular weight excluding hydrogens is 262 g/mol. The van der Waals surface area contributed by atoms with Gasteiger partial charge in [0, 0.05) is 12.4 Å². The van der Waals surface area contributed by atoms with Crippen LogP contribution in [0.2, 0.25) is 0 Å². The van der Waals surface area contributed by atoms with Crippen LogP contribution >= 0.6 is 0 Å². The van der Waals surface area contributed by atoms with Crippen molar-refractivity contribution in [2.75, 3.05) is 6.54 Å². The van der Waals surface area contributed by atoms with Crippen molar-refractivity contribution < 1.29 is 4.74 Å². The molecule has 0 bridgehead atoms. The van der Waals surface area contributed by atoms with Crippen molar-refractivity contribution in [3.8, 4) is 11.8 Å². The number of benzene rings is 1. The number of hydrogen-bond acceptors (Lipinski definition) is 4. The topological polar surface area (TPSA) is 61.0 Å². The Labute approximate surface area is 126 Å². The molecule has 2 N–H and O–H groups in total. The van der Waals surface area contributed by atoms with Gasteiger partial charge in [-0.1, -0.05) is 32.9 Å². The SMILES string of the molecule is Cc1cc(C(C)(C)C)ccc1Oc1ncc(CCN)cn1. The quantitative estimate of drug-likeness (QED) is 0.935. The van der Waals surface area contributed by atoms with Crippen LogP contribution in [0.4, 0.5) is 0 Å². The van der Waals surface area contributed by atoms with Gasteiger partial charge in [-0.15, -0.1) is 0 Å². The van der Waals surface area contributed by atoms with E-state index in [-0.39, 0.29) is 5.41 Å². The van der Waals surface area contributed by atoms with Crippen LogP contribution in [0.25, 0.3) is 0 Å². The van der Waals surface area contributed by atoms with E-state index >= 15 is 0 Å². The predicted molar refractivity (Wildman–Crippen MR) is 84.7 cm³/mol. The molecule has 0 amide bonds. The molecule has 0 atom stereocenters. The molecule has 0 saturated carbocycles. The highest BCUT2D eigenvalue weighted by atomic mass is 16.5. The summed E-state index contributed by atoms with van der Waals surface area (Å²) < 4.78 is 5.76. The standard InChI is InChI=1S/C17H23N3O/c1-12-9-14(17(2,3)4)5-6-15(12)21-16-19-10-13(7-8-18)11-20-16/h5-6,9-11H,7-8,18H2,1-4H3. The summed E-state index contributed by atoms with van der Waals surface area (Å²) >= 11 is 0. The van der Waals surface area contributed by atoms with Gasteiger partial charge in [-0.3, -0.25) is 0 Å². The molecule has 4 heteroatoms. The third-order valence-corrected chi connectivity index (χ3v) is 3.36. The van der Waals surface area contributed by atoms with Crippen LogP contribution in [0.1, 0.15) is 37.5 Å².